The molecular formula is C28H32ClN3O2. The van der Waals surface area contributed by atoms with Gasteiger partial charge in [-0.15, -0.1) is 0 Å². The largest absolute Gasteiger partial charge is 0.484 e. The fourth-order valence-corrected chi connectivity index (χ4v) is 4.86. The number of hydrogen-bond acceptors (Lipinski definition) is 4. The number of likely N-dealkylation sites (N-methyl/N-ethyl adjacent to an activating group) is 1. The van der Waals surface area contributed by atoms with E-state index in [1.165, 1.54) is 11.1 Å². The first-order chi connectivity index (χ1) is 16.6. The second-order valence-corrected chi connectivity index (χ2v) is 9.43. The van der Waals surface area contributed by atoms with Gasteiger partial charge < -0.3 is 9.64 Å². The van der Waals surface area contributed by atoms with Crippen LogP contribution in [-0.4, -0.2) is 53.5 Å². The van der Waals surface area contributed by atoms with Crippen molar-refractivity contribution in [2.24, 2.45) is 5.92 Å². The summed E-state index contributed by atoms with van der Waals surface area (Å²) in [6.45, 7) is 2.44. The van der Waals surface area contributed by atoms with Crippen molar-refractivity contribution in [3.05, 3.63) is 95.3 Å². The maximum absolute atomic E-state index is 12.7. The lowest BCUT2D eigenvalue weighted by molar-refractivity contribution is -0.135. The lowest BCUT2D eigenvalue weighted by atomic mass is 9.85. The number of amides is 1. The number of benzene rings is 2. The minimum atomic E-state index is 0.0386. The van der Waals surface area contributed by atoms with E-state index in [9.17, 15) is 4.79 Å². The Balaban J connectivity index is 1.35. The molecule has 2 aromatic carbocycles. The van der Waals surface area contributed by atoms with Crippen molar-refractivity contribution in [3.8, 4) is 5.75 Å². The highest BCUT2D eigenvalue weighted by atomic mass is 35.5. The number of carbonyl (C=O) groups excluding carboxylic acids is 1. The van der Waals surface area contributed by atoms with Crippen LogP contribution in [0, 0.1) is 5.92 Å². The number of carbonyl (C=O) groups is 1. The highest BCUT2D eigenvalue weighted by Crippen LogP contribution is 2.27. The summed E-state index contributed by atoms with van der Waals surface area (Å²) in [5.74, 6) is 1.22. The number of halogens is 1. The summed E-state index contributed by atoms with van der Waals surface area (Å²) in [7, 11) is 2.21. The smallest absolute Gasteiger partial charge is 0.260 e. The van der Waals surface area contributed by atoms with Crippen molar-refractivity contribution < 1.29 is 9.53 Å². The number of nitrogens with zero attached hydrogens (tertiary/aromatic N) is 3. The molecule has 1 aliphatic rings. The van der Waals surface area contributed by atoms with Crippen LogP contribution in [0.3, 0.4) is 0 Å². The highest BCUT2D eigenvalue weighted by molar-refractivity contribution is 6.30. The van der Waals surface area contributed by atoms with Crippen LogP contribution in [0.15, 0.2) is 79.1 Å². The molecule has 0 bridgehead atoms. The normalized spacial score (nSPS) is 15.3. The minimum absolute atomic E-state index is 0.0386. The standard InChI is InChI=1S/C28H32ClN3O2/c1-31(20-23-8-5-15-30-19-23)27(18-22-6-3-2-4-7-22)24-13-16-32(17-14-24)28(33)21-34-26-11-9-25(29)10-12-26/h2-12,15,19,24,27H,13-14,16-18,20-21H2,1H3/t27-/m0/s1. The van der Waals surface area contributed by atoms with Gasteiger partial charge in [-0.1, -0.05) is 48.0 Å². The van der Waals surface area contributed by atoms with Gasteiger partial charge in [0, 0.05) is 43.1 Å². The molecular weight excluding hydrogens is 446 g/mol. The molecule has 1 amide bonds. The fourth-order valence-electron chi connectivity index (χ4n) is 4.74. The van der Waals surface area contributed by atoms with E-state index >= 15 is 0 Å². The van der Waals surface area contributed by atoms with Gasteiger partial charge in [0.05, 0.1) is 0 Å². The Morgan fingerprint density at radius 2 is 1.76 bits per heavy atom. The molecule has 1 aliphatic heterocycles. The third-order valence-electron chi connectivity index (χ3n) is 6.62. The Morgan fingerprint density at radius 3 is 2.44 bits per heavy atom. The molecule has 0 N–H and O–H groups in total. The molecule has 0 spiro atoms. The molecule has 178 valence electrons. The van der Waals surface area contributed by atoms with Crippen LogP contribution in [0.5, 0.6) is 5.75 Å². The third-order valence-corrected chi connectivity index (χ3v) is 6.87. The summed E-state index contributed by atoms with van der Waals surface area (Å²) >= 11 is 5.92. The van der Waals surface area contributed by atoms with E-state index in [2.05, 4.69) is 53.3 Å². The summed E-state index contributed by atoms with van der Waals surface area (Å²) in [4.78, 5) is 21.4. The maximum Gasteiger partial charge on any atom is 0.260 e. The number of hydrogen-bond donors (Lipinski definition) is 0. The van der Waals surface area contributed by atoms with Gasteiger partial charge >= 0.3 is 0 Å². The number of likely N-dealkylation sites (tertiary alicyclic amines) is 1. The molecule has 1 saturated heterocycles. The molecule has 34 heavy (non-hydrogen) atoms. The second-order valence-electron chi connectivity index (χ2n) is 8.99. The molecule has 4 rings (SSSR count). The van der Waals surface area contributed by atoms with Crippen molar-refractivity contribution in [3.63, 3.8) is 0 Å². The van der Waals surface area contributed by atoms with E-state index < -0.39 is 0 Å². The van der Waals surface area contributed by atoms with Crippen LogP contribution in [0.25, 0.3) is 0 Å². The Morgan fingerprint density at radius 1 is 1.06 bits per heavy atom. The van der Waals surface area contributed by atoms with E-state index in [-0.39, 0.29) is 12.5 Å². The first-order valence-electron chi connectivity index (χ1n) is 11.9. The summed E-state index contributed by atoms with van der Waals surface area (Å²) in [5.41, 5.74) is 2.57. The van der Waals surface area contributed by atoms with Crippen molar-refractivity contribution in [2.45, 2.75) is 31.8 Å². The average Bonchev–Trinajstić information content (AvgIpc) is 2.88. The molecule has 0 radical (unpaired) electrons. The lowest BCUT2D eigenvalue weighted by Gasteiger charge is -2.40. The van der Waals surface area contributed by atoms with E-state index in [1.54, 1.807) is 24.3 Å². The summed E-state index contributed by atoms with van der Waals surface area (Å²) in [6, 6.07) is 22.3. The first kappa shape index (κ1) is 24.2. The number of aromatic nitrogens is 1. The van der Waals surface area contributed by atoms with Gasteiger partial charge in [-0.2, -0.15) is 0 Å². The van der Waals surface area contributed by atoms with Gasteiger partial charge in [0.2, 0.25) is 0 Å². The van der Waals surface area contributed by atoms with E-state index in [4.69, 9.17) is 16.3 Å². The van der Waals surface area contributed by atoms with Crippen LogP contribution in [0.1, 0.15) is 24.0 Å². The number of rotatable bonds is 9. The van der Waals surface area contributed by atoms with Gasteiger partial charge in [0.15, 0.2) is 6.61 Å². The Hall–Kier alpha value is -2.89. The third kappa shape index (κ3) is 6.81. The van der Waals surface area contributed by atoms with Crippen molar-refractivity contribution in [2.75, 3.05) is 26.7 Å². The molecule has 0 saturated carbocycles. The molecule has 1 aromatic heterocycles. The Labute approximate surface area is 207 Å². The molecule has 5 nitrogen and oxygen atoms in total. The Kier molecular flexibility index (Phi) is 8.56. The molecule has 3 aromatic rings. The van der Waals surface area contributed by atoms with Gasteiger partial charge in [-0.05, 0) is 73.7 Å². The van der Waals surface area contributed by atoms with Crippen LogP contribution in [-0.2, 0) is 17.8 Å². The average molecular weight is 478 g/mol. The van der Waals surface area contributed by atoms with E-state index in [0.29, 0.717) is 22.7 Å². The molecule has 0 unspecified atom stereocenters. The quantitative estimate of drug-likeness (QED) is 0.430. The zero-order valence-electron chi connectivity index (χ0n) is 19.6. The van der Waals surface area contributed by atoms with Crippen LogP contribution in [0.2, 0.25) is 5.02 Å². The summed E-state index contributed by atoms with van der Waals surface area (Å²) in [5, 5.41) is 0.652. The SMILES string of the molecule is CN(Cc1cccnc1)[C@@H](Cc1ccccc1)C1CCN(C(=O)COc2ccc(Cl)cc2)CC1. The number of piperidine rings is 1. The van der Waals surface area contributed by atoms with Crippen molar-refractivity contribution >= 4 is 17.5 Å². The molecule has 0 aliphatic carbocycles. The number of pyridine rings is 1. The van der Waals surface area contributed by atoms with Gasteiger partial charge in [0.1, 0.15) is 5.75 Å². The topological polar surface area (TPSA) is 45.7 Å². The van der Waals surface area contributed by atoms with Gasteiger partial charge in [0.25, 0.3) is 5.91 Å². The monoisotopic (exact) mass is 477 g/mol. The van der Waals surface area contributed by atoms with Gasteiger partial charge in [-0.25, -0.2) is 0 Å². The Bertz CT molecular complexity index is 1020. The second kappa shape index (κ2) is 12.0. The molecule has 1 fully saturated rings. The maximum atomic E-state index is 12.7. The summed E-state index contributed by atoms with van der Waals surface area (Å²) < 4.78 is 5.67. The zero-order chi connectivity index (χ0) is 23.8. The highest BCUT2D eigenvalue weighted by Gasteiger charge is 2.31. The van der Waals surface area contributed by atoms with Crippen molar-refractivity contribution in [1.29, 1.82) is 0 Å². The summed E-state index contributed by atoms with van der Waals surface area (Å²) in [6.07, 6.45) is 6.73. The van der Waals surface area contributed by atoms with E-state index in [0.717, 1.165) is 38.9 Å². The van der Waals surface area contributed by atoms with E-state index in [1.807, 2.05) is 23.4 Å². The predicted octanol–water partition coefficient (Wildman–Crippen LogP) is 5.10. The number of ether oxygens (including phenoxy) is 1. The minimum Gasteiger partial charge on any atom is -0.484 e. The van der Waals surface area contributed by atoms with Crippen LogP contribution in [0.4, 0.5) is 0 Å². The predicted molar refractivity (Wildman–Crippen MR) is 136 cm³/mol. The molecule has 1 atom stereocenters. The zero-order valence-corrected chi connectivity index (χ0v) is 20.4. The van der Waals surface area contributed by atoms with Crippen molar-refractivity contribution in [1.82, 2.24) is 14.8 Å². The molecule has 6 heteroatoms. The van der Waals surface area contributed by atoms with Gasteiger partial charge in [-0.3, -0.25) is 14.7 Å². The first-order valence-corrected chi connectivity index (χ1v) is 12.3. The lowest BCUT2D eigenvalue weighted by Crippen LogP contribution is -2.47. The van der Waals surface area contributed by atoms with Crippen LogP contribution < -0.4 is 4.74 Å². The van der Waals surface area contributed by atoms with Crippen LogP contribution >= 0.6 is 11.6 Å². The fraction of sp³-hybridized carbons (Fsp3) is 0.357. The molecule has 2 heterocycles.